The van der Waals surface area contributed by atoms with Gasteiger partial charge in [-0.2, -0.15) is 0 Å². The summed E-state index contributed by atoms with van der Waals surface area (Å²) < 4.78 is 24.3. The number of nitrogens with zero attached hydrogens (tertiary/aromatic N) is 1. The van der Waals surface area contributed by atoms with Crippen molar-refractivity contribution in [2.75, 3.05) is 0 Å². The fourth-order valence-corrected chi connectivity index (χ4v) is 0.932. The molecule has 1 rings (SSSR count). The summed E-state index contributed by atoms with van der Waals surface area (Å²) in [6.07, 6.45) is -2.52. The molecule has 0 fully saturated rings. The highest BCUT2D eigenvalue weighted by Gasteiger charge is 2.07. The van der Waals surface area contributed by atoms with Gasteiger partial charge in [0, 0.05) is 6.07 Å². The second kappa shape index (κ2) is 3.23. The summed E-state index contributed by atoms with van der Waals surface area (Å²) >= 11 is 1.87. The van der Waals surface area contributed by atoms with Crippen LogP contribution in [0.25, 0.3) is 0 Å². The number of hydrogen-bond acceptors (Lipinski definition) is 1. The van der Waals surface area contributed by atoms with Crippen LogP contribution in [0.4, 0.5) is 8.78 Å². The Kier molecular flexibility index (Phi) is 2.53. The number of hydrogen-bond donors (Lipinski definition) is 0. The van der Waals surface area contributed by atoms with Crippen molar-refractivity contribution >= 4 is 22.6 Å². The summed E-state index contributed by atoms with van der Waals surface area (Å²) in [4.78, 5) is 3.55. The molecule has 1 radical (unpaired) electrons. The molecule has 0 spiro atoms. The summed E-state index contributed by atoms with van der Waals surface area (Å²) in [6, 6.07) is 5.40. The number of alkyl halides is 2. The predicted octanol–water partition coefficient (Wildman–Crippen LogP) is 2.42. The second-order valence-corrected chi connectivity index (χ2v) is 2.70. The Morgan fingerprint density at radius 1 is 1.60 bits per heavy atom. The summed E-state index contributed by atoms with van der Waals surface area (Å²) in [5, 5.41) is 0. The van der Waals surface area contributed by atoms with Crippen molar-refractivity contribution in [2.24, 2.45) is 0 Å². The smallest absolute Gasteiger partial charge is 0.240 e. The third-order valence-corrected chi connectivity index (χ3v) is 1.49. The lowest BCUT2D eigenvalue weighted by molar-refractivity contribution is 0.145. The zero-order valence-electron chi connectivity index (χ0n) is 4.81. The van der Waals surface area contributed by atoms with E-state index in [-0.39, 0.29) is 5.69 Å². The van der Waals surface area contributed by atoms with E-state index in [1.807, 2.05) is 22.6 Å². The molecule has 0 bridgehead atoms. The van der Waals surface area contributed by atoms with Gasteiger partial charge in [0.15, 0.2) is 0 Å². The fourth-order valence-electron chi connectivity index (χ4n) is 0.492. The molecule has 0 amide bonds. The van der Waals surface area contributed by atoms with Crippen LogP contribution in [-0.4, -0.2) is 4.98 Å². The van der Waals surface area contributed by atoms with Gasteiger partial charge in [-0.3, -0.25) is 0 Å². The topological polar surface area (TPSA) is 12.9 Å². The van der Waals surface area contributed by atoms with Gasteiger partial charge in [0.25, 0.3) is 6.43 Å². The number of pyridine rings is 1. The molecule has 0 saturated carbocycles. The molecule has 1 nitrogen and oxygen atoms in total. The van der Waals surface area contributed by atoms with Crippen molar-refractivity contribution in [3.05, 3.63) is 27.6 Å². The third-order valence-electron chi connectivity index (χ3n) is 0.886. The zero-order chi connectivity index (χ0) is 7.56. The first-order chi connectivity index (χ1) is 4.70. The SMILES string of the molecule is FC(F)c1[c]ccc(I)n1. The highest BCUT2D eigenvalue weighted by Crippen LogP contribution is 2.15. The first-order valence-corrected chi connectivity index (χ1v) is 3.60. The van der Waals surface area contributed by atoms with E-state index in [9.17, 15) is 8.78 Å². The Labute approximate surface area is 70.6 Å². The summed E-state index contributed by atoms with van der Waals surface area (Å²) in [5.74, 6) is 0. The molecule has 0 aliphatic heterocycles. The molecule has 0 aliphatic rings. The van der Waals surface area contributed by atoms with E-state index < -0.39 is 6.43 Å². The van der Waals surface area contributed by atoms with Gasteiger partial charge in [0.2, 0.25) is 0 Å². The standard InChI is InChI=1S/C6H3F2IN/c7-6(8)4-2-1-3-5(9)10-4/h1,3,6H. The van der Waals surface area contributed by atoms with E-state index in [4.69, 9.17) is 0 Å². The molecular formula is C6H3F2IN. The second-order valence-electron chi connectivity index (χ2n) is 1.60. The van der Waals surface area contributed by atoms with Crippen LogP contribution < -0.4 is 0 Å². The first kappa shape index (κ1) is 7.84. The van der Waals surface area contributed by atoms with E-state index in [1.165, 1.54) is 6.07 Å². The third kappa shape index (κ3) is 1.86. The van der Waals surface area contributed by atoms with Crippen molar-refractivity contribution in [3.63, 3.8) is 0 Å². The van der Waals surface area contributed by atoms with Crippen molar-refractivity contribution < 1.29 is 8.78 Å². The molecule has 10 heavy (non-hydrogen) atoms. The molecule has 1 aromatic rings. The normalized spacial score (nSPS) is 10.4. The Bertz CT molecular complexity index is 227. The van der Waals surface area contributed by atoms with Gasteiger partial charge < -0.3 is 0 Å². The number of aromatic nitrogens is 1. The van der Waals surface area contributed by atoms with E-state index in [0.717, 1.165) is 0 Å². The van der Waals surface area contributed by atoms with Crippen LogP contribution in [0.5, 0.6) is 0 Å². The fraction of sp³-hybridized carbons (Fsp3) is 0.167. The van der Waals surface area contributed by atoms with Crippen molar-refractivity contribution in [2.45, 2.75) is 6.43 Å². The maximum Gasteiger partial charge on any atom is 0.281 e. The van der Waals surface area contributed by atoms with Crippen LogP contribution in [0.2, 0.25) is 0 Å². The summed E-state index contributed by atoms with van der Waals surface area (Å²) in [5.41, 5.74) is -0.285. The maximum absolute atomic E-state index is 11.8. The molecule has 1 aromatic heterocycles. The van der Waals surface area contributed by atoms with Crippen molar-refractivity contribution in [1.29, 1.82) is 0 Å². The van der Waals surface area contributed by atoms with Crippen LogP contribution in [0.1, 0.15) is 12.1 Å². The lowest BCUT2D eigenvalue weighted by atomic mass is 10.4. The minimum atomic E-state index is -2.52. The van der Waals surface area contributed by atoms with E-state index in [0.29, 0.717) is 3.70 Å². The molecule has 0 N–H and O–H groups in total. The average molecular weight is 254 g/mol. The minimum absolute atomic E-state index is 0.285. The van der Waals surface area contributed by atoms with Crippen molar-refractivity contribution in [1.82, 2.24) is 4.98 Å². The minimum Gasteiger partial charge on any atom is -0.240 e. The van der Waals surface area contributed by atoms with Crippen LogP contribution in [0, 0.1) is 9.77 Å². The maximum atomic E-state index is 11.8. The van der Waals surface area contributed by atoms with Crippen molar-refractivity contribution in [3.8, 4) is 0 Å². The van der Waals surface area contributed by atoms with Gasteiger partial charge in [-0.25, -0.2) is 13.8 Å². The van der Waals surface area contributed by atoms with Gasteiger partial charge in [0.1, 0.15) is 9.39 Å². The molecule has 0 aliphatic carbocycles. The van der Waals surface area contributed by atoms with Gasteiger partial charge in [-0.05, 0) is 34.7 Å². The van der Waals surface area contributed by atoms with E-state index >= 15 is 0 Å². The van der Waals surface area contributed by atoms with Gasteiger partial charge >= 0.3 is 0 Å². The van der Waals surface area contributed by atoms with Crippen LogP contribution >= 0.6 is 22.6 Å². The lowest BCUT2D eigenvalue weighted by Crippen LogP contribution is -1.90. The van der Waals surface area contributed by atoms with Crippen LogP contribution in [0.15, 0.2) is 12.1 Å². The molecule has 0 saturated heterocycles. The largest absolute Gasteiger partial charge is 0.281 e. The van der Waals surface area contributed by atoms with E-state index in [2.05, 4.69) is 11.1 Å². The predicted molar refractivity (Wildman–Crippen MR) is 40.7 cm³/mol. The van der Waals surface area contributed by atoms with Crippen LogP contribution in [0.3, 0.4) is 0 Å². The average Bonchev–Trinajstić information content (AvgIpc) is 1.88. The monoisotopic (exact) mass is 254 g/mol. The Balaban J connectivity index is 2.96. The van der Waals surface area contributed by atoms with Crippen LogP contribution in [-0.2, 0) is 0 Å². The molecule has 1 heterocycles. The zero-order valence-corrected chi connectivity index (χ0v) is 6.97. The molecular weight excluding hydrogens is 251 g/mol. The Morgan fingerprint density at radius 3 is 2.70 bits per heavy atom. The first-order valence-electron chi connectivity index (χ1n) is 2.52. The van der Waals surface area contributed by atoms with E-state index in [1.54, 1.807) is 6.07 Å². The summed E-state index contributed by atoms with van der Waals surface area (Å²) in [7, 11) is 0. The molecule has 53 valence electrons. The highest BCUT2D eigenvalue weighted by atomic mass is 127. The van der Waals surface area contributed by atoms with Gasteiger partial charge in [-0.1, -0.05) is 0 Å². The Morgan fingerprint density at radius 2 is 2.30 bits per heavy atom. The molecule has 0 unspecified atom stereocenters. The highest BCUT2D eigenvalue weighted by molar-refractivity contribution is 14.1. The molecule has 0 atom stereocenters. The molecule has 0 aromatic carbocycles. The van der Waals surface area contributed by atoms with Gasteiger partial charge in [-0.15, -0.1) is 0 Å². The summed E-state index contributed by atoms with van der Waals surface area (Å²) in [6.45, 7) is 0. The molecule has 4 heteroatoms. The quantitative estimate of drug-likeness (QED) is 0.554. The lowest BCUT2D eigenvalue weighted by Gasteiger charge is -1.95. The number of halogens is 3. The number of rotatable bonds is 1. The van der Waals surface area contributed by atoms with Gasteiger partial charge in [0.05, 0.1) is 0 Å². The Hall–Kier alpha value is -0.260.